The molecule has 6 aromatic heterocycles. The normalized spacial score (nSPS) is 11.7. The van der Waals surface area contributed by atoms with Crippen molar-refractivity contribution in [3.8, 4) is 22.8 Å². The van der Waals surface area contributed by atoms with Crippen LogP contribution in [0.25, 0.3) is 45.1 Å². The van der Waals surface area contributed by atoms with Gasteiger partial charge >= 0.3 is 0 Å². The van der Waals surface area contributed by atoms with Gasteiger partial charge in [-0.1, -0.05) is 12.1 Å². The van der Waals surface area contributed by atoms with E-state index >= 15 is 17.6 Å². The SMILES string of the molecule is O=S(=O)(c1cc(-c2ncc3[nH]cnc3n2)c(F)c(Nc2ccccn2)c1F)c1cc(-c2ncc3[nH]cnc3n2)c(F)c(Nc2ccccn2)c1F. The number of hydrogen-bond donors (Lipinski definition) is 4. The van der Waals surface area contributed by atoms with Gasteiger partial charge in [0.25, 0.3) is 0 Å². The highest BCUT2D eigenvalue weighted by molar-refractivity contribution is 7.91. The highest BCUT2D eigenvalue weighted by Gasteiger charge is 2.35. The highest BCUT2D eigenvalue weighted by Crippen LogP contribution is 2.41. The minimum absolute atomic E-state index is 0.0533. The number of imidazole rings is 2. The van der Waals surface area contributed by atoms with Crippen molar-refractivity contribution in [3.05, 3.63) is 109 Å². The fraction of sp³-hybridized carbons (Fsp3) is 0. The van der Waals surface area contributed by atoms with E-state index in [0.717, 1.165) is 0 Å². The molecule has 0 aliphatic heterocycles. The second-order valence-corrected chi connectivity index (χ2v) is 12.6. The van der Waals surface area contributed by atoms with Crippen molar-refractivity contribution < 1.29 is 26.0 Å². The van der Waals surface area contributed by atoms with Gasteiger partial charge in [-0.2, -0.15) is 0 Å². The fourth-order valence-electron chi connectivity index (χ4n) is 5.14. The molecule has 0 bridgehead atoms. The van der Waals surface area contributed by atoms with E-state index in [2.05, 4.69) is 60.5 Å². The second-order valence-electron chi connectivity index (χ2n) is 10.7. The van der Waals surface area contributed by atoms with E-state index in [1.54, 1.807) is 12.1 Å². The minimum atomic E-state index is -5.35. The first-order valence-corrected chi connectivity index (χ1v) is 16.2. The zero-order chi connectivity index (χ0) is 35.3. The summed E-state index contributed by atoms with van der Waals surface area (Å²) in [6, 6.07) is 10.2. The zero-order valence-corrected chi connectivity index (χ0v) is 26.2. The lowest BCUT2D eigenvalue weighted by atomic mass is 10.1. The third kappa shape index (κ3) is 5.50. The number of hydrogen-bond acceptors (Lipinski definition) is 12. The van der Waals surface area contributed by atoms with Crippen LogP contribution in [-0.4, -0.2) is 58.3 Å². The van der Waals surface area contributed by atoms with Gasteiger partial charge in [0.1, 0.15) is 43.8 Å². The monoisotopic (exact) mass is 710 g/mol. The Hall–Kier alpha value is -6.89. The van der Waals surface area contributed by atoms with Gasteiger partial charge in [0.05, 0.1) is 36.2 Å². The van der Waals surface area contributed by atoms with Gasteiger partial charge in [0, 0.05) is 12.4 Å². The lowest BCUT2D eigenvalue weighted by Crippen LogP contribution is -2.14. The van der Waals surface area contributed by atoms with Gasteiger partial charge in [-0.25, -0.2) is 65.9 Å². The summed E-state index contributed by atoms with van der Waals surface area (Å²) in [4.78, 5) is 35.8. The second kappa shape index (κ2) is 12.2. The molecule has 51 heavy (non-hydrogen) atoms. The maximum atomic E-state index is 16.5. The van der Waals surface area contributed by atoms with Gasteiger partial charge in [-0.05, 0) is 36.4 Å². The van der Waals surface area contributed by atoms with Gasteiger partial charge in [0.2, 0.25) is 9.84 Å². The lowest BCUT2D eigenvalue weighted by Gasteiger charge is -2.18. The largest absolute Gasteiger partial charge is 0.342 e. The van der Waals surface area contributed by atoms with Crippen LogP contribution < -0.4 is 10.6 Å². The molecular weight excluding hydrogens is 692 g/mol. The predicted octanol–water partition coefficient (Wildman–Crippen LogP) is 6.02. The number of aromatic amines is 2. The maximum absolute atomic E-state index is 16.5. The van der Waals surface area contributed by atoms with E-state index < -0.39 is 65.4 Å². The van der Waals surface area contributed by atoms with Crippen molar-refractivity contribution in [3.63, 3.8) is 0 Å². The summed E-state index contributed by atoms with van der Waals surface area (Å²) in [5.74, 6) is -6.69. The molecule has 4 N–H and O–H groups in total. The molecule has 252 valence electrons. The van der Waals surface area contributed by atoms with E-state index in [1.807, 2.05) is 0 Å². The Morgan fingerprint density at radius 2 is 1.02 bits per heavy atom. The Labute approximate surface area is 283 Å². The molecule has 2 aromatic carbocycles. The molecule has 0 fully saturated rings. The first-order chi connectivity index (χ1) is 24.7. The van der Waals surface area contributed by atoms with Crippen molar-refractivity contribution in [1.82, 2.24) is 49.8 Å². The molecule has 0 saturated heterocycles. The van der Waals surface area contributed by atoms with Crippen molar-refractivity contribution in [2.45, 2.75) is 9.79 Å². The average molecular weight is 711 g/mol. The predicted molar refractivity (Wildman–Crippen MR) is 175 cm³/mol. The number of nitrogens with zero attached hydrogens (tertiary/aromatic N) is 8. The summed E-state index contributed by atoms with van der Waals surface area (Å²) in [6.45, 7) is 0. The third-order valence-corrected chi connectivity index (χ3v) is 9.33. The molecule has 0 atom stereocenters. The molecule has 0 amide bonds. The van der Waals surface area contributed by atoms with Gasteiger partial charge in [0.15, 0.2) is 46.2 Å². The Bertz CT molecular complexity index is 2550. The number of aromatic nitrogens is 10. The van der Waals surface area contributed by atoms with Crippen LogP contribution in [0.4, 0.5) is 40.6 Å². The highest BCUT2D eigenvalue weighted by atomic mass is 32.2. The van der Waals surface area contributed by atoms with Crippen LogP contribution in [0.3, 0.4) is 0 Å². The topological polar surface area (TPSA) is 193 Å². The molecular formula is C32H18F4N12O2S. The Morgan fingerprint density at radius 3 is 1.43 bits per heavy atom. The van der Waals surface area contributed by atoms with Crippen molar-refractivity contribution >= 4 is 55.2 Å². The fourth-order valence-corrected chi connectivity index (χ4v) is 6.60. The van der Waals surface area contributed by atoms with Crippen LogP contribution in [0.1, 0.15) is 0 Å². The number of rotatable bonds is 8. The van der Waals surface area contributed by atoms with Crippen molar-refractivity contribution in [1.29, 1.82) is 0 Å². The molecule has 14 nitrogen and oxygen atoms in total. The number of H-pyrrole nitrogens is 2. The van der Waals surface area contributed by atoms with Crippen LogP contribution in [0, 0.1) is 23.3 Å². The van der Waals surface area contributed by atoms with Crippen LogP contribution in [0.15, 0.2) is 95.8 Å². The quantitative estimate of drug-likeness (QED) is 0.106. The van der Waals surface area contributed by atoms with E-state index in [4.69, 9.17) is 0 Å². The molecule has 0 unspecified atom stereocenters. The van der Waals surface area contributed by atoms with Gasteiger partial charge in [-0.3, -0.25) is 0 Å². The minimum Gasteiger partial charge on any atom is -0.342 e. The van der Waals surface area contributed by atoms with Crippen molar-refractivity contribution in [2.24, 2.45) is 0 Å². The molecule has 0 radical (unpaired) electrons. The Kier molecular flexibility index (Phi) is 7.52. The number of pyridine rings is 2. The van der Waals surface area contributed by atoms with Crippen molar-refractivity contribution in [2.75, 3.05) is 10.6 Å². The number of fused-ring (bicyclic) bond motifs is 2. The summed E-state index contributed by atoms with van der Waals surface area (Å²) in [7, 11) is -5.35. The summed E-state index contributed by atoms with van der Waals surface area (Å²) in [5, 5.41) is 4.92. The number of anilines is 4. The zero-order valence-electron chi connectivity index (χ0n) is 25.4. The number of halogens is 4. The summed E-state index contributed by atoms with van der Waals surface area (Å²) < 4.78 is 94.4. The lowest BCUT2D eigenvalue weighted by molar-refractivity contribution is 0.541. The standard InChI is InChI=1S/C32H18F4N12O2S/c33-23-15(29-39-11-17-31(47-29)43-13-41-17)9-19(25(35)27(23)45-21-5-1-3-7-37-21)51(49,50)20-10-16(30-40-12-18-32(48-30)44-14-42-18)24(34)28(26(20)36)46-22-6-2-4-8-38-22/h1-14H,(H,37,45)(H,38,46)(H,39,41,43,47)(H,40,42,44,48). The van der Waals surface area contributed by atoms with E-state index in [0.29, 0.717) is 23.2 Å². The first kappa shape index (κ1) is 31.4. The average Bonchev–Trinajstić information content (AvgIpc) is 3.82. The molecule has 19 heteroatoms. The number of benzene rings is 2. The maximum Gasteiger partial charge on any atom is 0.212 e. The molecule has 0 aliphatic rings. The smallest absolute Gasteiger partial charge is 0.212 e. The Morgan fingerprint density at radius 1 is 0.569 bits per heavy atom. The van der Waals surface area contributed by atoms with Gasteiger partial charge in [-0.15, -0.1) is 0 Å². The van der Waals surface area contributed by atoms with E-state index in [-0.39, 0.29) is 34.6 Å². The van der Waals surface area contributed by atoms with E-state index in [1.165, 1.54) is 61.7 Å². The summed E-state index contributed by atoms with van der Waals surface area (Å²) in [6.07, 6.45) is 7.83. The summed E-state index contributed by atoms with van der Waals surface area (Å²) in [5.41, 5.74) is -2.13. The molecule has 8 rings (SSSR count). The number of sulfone groups is 1. The molecule has 0 saturated carbocycles. The number of nitrogens with one attached hydrogen (secondary N) is 4. The molecule has 0 aliphatic carbocycles. The van der Waals surface area contributed by atoms with Crippen LogP contribution in [0.5, 0.6) is 0 Å². The Balaban J connectivity index is 1.37. The van der Waals surface area contributed by atoms with Crippen LogP contribution >= 0.6 is 0 Å². The molecule has 0 spiro atoms. The first-order valence-electron chi connectivity index (χ1n) is 14.7. The molecule has 8 aromatic rings. The molecule has 6 heterocycles. The van der Waals surface area contributed by atoms with E-state index in [9.17, 15) is 8.42 Å². The van der Waals surface area contributed by atoms with Crippen LogP contribution in [-0.2, 0) is 9.84 Å². The van der Waals surface area contributed by atoms with Gasteiger partial charge < -0.3 is 20.6 Å². The van der Waals surface area contributed by atoms with Crippen LogP contribution in [0.2, 0.25) is 0 Å². The third-order valence-electron chi connectivity index (χ3n) is 7.58. The summed E-state index contributed by atoms with van der Waals surface area (Å²) >= 11 is 0.